The summed E-state index contributed by atoms with van der Waals surface area (Å²) in [7, 11) is 0. The van der Waals surface area contributed by atoms with Gasteiger partial charge in [0.1, 0.15) is 17.9 Å². The number of amides is 1. The molecule has 1 saturated carbocycles. The highest BCUT2D eigenvalue weighted by Crippen LogP contribution is 2.47. The fourth-order valence-electron chi connectivity index (χ4n) is 2.80. The zero-order valence-electron chi connectivity index (χ0n) is 12.4. The number of pyridine rings is 1. The van der Waals surface area contributed by atoms with Crippen molar-refractivity contribution in [2.24, 2.45) is 5.92 Å². The number of rotatable bonds is 5. The maximum Gasteiger partial charge on any atom is 0.224 e. The van der Waals surface area contributed by atoms with E-state index in [9.17, 15) is 4.79 Å². The molecule has 3 aromatic rings. The van der Waals surface area contributed by atoms with Gasteiger partial charge in [-0.2, -0.15) is 0 Å². The molecule has 0 saturated heterocycles. The Bertz CT molecular complexity index is 796. The number of nitrogens with one attached hydrogen (secondary N) is 1. The van der Waals surface area contributed by atoms with Crippen molar-refractivity contribution in [3.63, 3.8) is 0 Å². The Kier molecular flexibility index (Phi) is 3.42. The molecule has 6 heteroatoms. The molecule has 3 aromatic heterocycles. The van der Waals surface area contributed by atoms with Crippen molar-refractivity contribution in [1.82, 2.24) is 19.9 Å². The van der Waals surface area contributed by atoms with Gasteiger partial charge in [0, 0.05) is 42.5 Å². The quantitative estimate of drug-likeness (QED) is 0.785. The minimum absolute atomic E-state index is 0.00881. The highest BCUT2D eigenvalue weighted by molar-refractivity contribution is 5.82. The topological polar surface area (TPSA) is 73.0 Å². The minimum Gasteiger partial charge on any atom is -0.469 e. The van der Waals surface area contributed by atoms with Crippen LogP contribution in [0.3, 0.4) is 0 Å². The number of hydrogen-bond donors (Lipinski definition) is 1. The van der Waals surface area contributed by atoms with Crippen LogP contribution in [0.4, 0.5) is 0 Å². The largest absolute Gasteiger partial charge is 0.469 e. The highest BCUT2D eigenvalue weighted by Gasteiger charge is 2.45. The first-order valence-corrected chi connectivity index (χ1v) is 7.56. The van der Waals surface area contributed by atoms with Crippen molar-refractivity contribution in [2.75, 3.05) is 0 Å². The van der Waals surface area contributed by atoms with E-state index in [1.807, 2.05) is 35.0 Å². The number of nitrogens with zero attached hydrogens (tertiary/aromatic N) is 3. The first kappa shape index (κ1) is 13.8. The number of furan rings is 1. The molecule has 0 spiro atoms. The number of carbonyl (C=O) groups is 1. The summed E-state index contributed by atoms with van der Waals surface area (Å²) in [5, 5.41) is 3.00. The Morgan fingerprint density at radius 1 is 1.35 bits per heavy atom. The van der Waals surface area contributed by atoms with E-state index in [-0.39, 0.29) is 17.7 Å². The number of hydrogen-bond acceptors (Lipinski definition) is 4. The molecule has 1 amide bonds. The average Bonchev–Trinajstić information content (AvgIpc) is 3.01. The second kappa shape index (κ2) is 5.72. The van der Waals surface area contributed by atoms with E-state index in [1.54, 1.807) is 25.0 Å². The summed E-state index contributed by atoms with van der Waals surface area (Å²) in [6, 6.07) is 7.61. The number of imidazole rings is 1. The van der Waals surface area contributed by atoms with Gasteiger partial charge in [-0.05, 0) is 24.6 Å². The van der Waals surface area contributed by atoms with Crippen LogP contribution in [-0.2, 0) is 11.3 Å². The van der Waals surface area contributed by atoms with Crippen molar-refractivity contribution in [1.29, 1.82) is 0 Å². The molecule has 0 unspecified atom stereocenters. The molecule has 1 aliphatic rings. The minimum atomic E-state index is 0.00881. The lowest BCUT2D eigenvalue weighted by Gasteiger charge is -2.10. The molecule has 1 fully saturated rings. The van der Waals surface area contributed by atoms with Crippen molar-refractivity contribution >= 4 is 5.91 Å². The van der Waals surface area contributed by atoms with Gasteiger partial charge < -0.3 is 9.73 Å². The third-order valence-electron chi connectivity index (χ3n) is 4.11. The second-order valence-electron chi connectivity index (χ2n) is 5.64. The third kappa shape index (κ3) is 2.75. The van der Waals surface area contributed by atoms with E-state index < -0.39 is 0 Å². The summed E-state index contributed by atoms with van der Waals surface area (Å²) in [5.41, 5.74) is 0.953. The molecule has 4 rings (SSSR count). The summed E-state index contributed by atoms with van der Waals surface area (Å²) in [4.78, 5) is 20.7. The van der Waals surface area contributed by atoms with Crippen molar-refractivity contribution < 1.29 is 9.21 Å². The van der Waals surface area contributed by atoms with Crippen LogP contribution in [0.1, 0.15) is 23.7 Å². The van der Waals surface area contributed by atoms with Crippen LogP contribution in [0.25, 0.3) is 5.82 Å². The van der Waals surface area contributed by atoms with Gasteiger partial charge in [-0.25, -0.2) is 9.97 Å². The maximum absolute atomic E-state index is 12.3. The molecule has 0 aromatic carbocycles. The zero-order chi connectivity index (χ0) is 15.6. The van der Waals surface area contributed by atoms with Gasteiger partial charge in [0.05, 0.1) is 6.26 Å². The molecule has 6 nitrogen and oxygen atoms in total. The Hall–Kier alpha value is -2.89. The van der Waals surface area contributed by atoms with E-state index in [4.69, 9.17) is 4.42 Å². The highest BCUT2D eigenvalue weighted by atomic mass is 16.3. The fraction of sp³-hybridized carbons (Fsp3) is 0.235. The summed E-state index contributed by atoms with van der Waals surface area (Å²) < 4.78 is 7.21. The fourth-order valence-corrected chi connectivity index (χ4v) is 2.80. The van der Waals surface area contributed by atoms with Crippen LogP contribution in [0, 0.1) is 5.92 Å². The Labute approximate surface area is 133 Å². The summed E-state index contributed by atoms with van der Waals surface area (Å²) in [5.74, 6) is 1.96. The van der Waals surface area contributed by atoms with Crippen LogP contribution in [0.5, 0.6) is 0 Å². The molecule has 1 N–H and O–H groups in total. The van der Waals surface area contributed by atoms with Crippen molar-refractivity contribution in [3.8, 4) is 5.82 Å². The van der Waals surface area contributed by atoms with Gasteiger partial charge in [0.25, 0.3) is 0 Å². The lowest BCUT2D eigenvalue weighted by Crippen LogP contribution is -2.25. The zero-order valence-corrected chi connectivity index (χ0v) is 12.4. The van der Waals surface area contributed by atoms with Gasteiger partial charge in [0.15, 0.2) is 0 Å². The van der Waals surface area contributed by atoms with Gasteiger partial charge in [-0.15, -0.1) is 0 Å². The van der Waals surface area contributed by atoms with Gasteiger partial charge in [-0.3, -0.25) is 9.36 Å². The van der Waals surface area contributed by atoms with Crippen LogP contribution < -0.4 is 5.32 Å². The lowest BCUT2D eigenvalue weighted by atomic mass is 10.2. The normalized spacial score (nSPS) is 19.5. The lowest BCUT2D eigenvalue weighted by molar-refractivity contribution is -0.122. The second-order valence-corrected chi connectivity index (χ2v) is 5.64. The Balaban J connectivity index is 1.41. The van der Waals surface area contributed by atoms with E-state index in [1.165, 1.54) is 0 Å². The molecule has 116 valence electrons. The number of carbonyl (C=O) groups excluding carboxylic acids is 1. The molecule has 1 aliphatic carbocycles. The first-order valence-electron chi connectivity index (χ1n) is 7.56. The summed E-state index contributed by atoms with van der Waals surface area (Å²) in [6.07, 6.45) is 9.46. The molecule has 0 bridgehead atoms. The Morgan fingerprint density at radius 2 is 2.30 bits per heavy atom. The van der Waals surface area contributed by atoms with Gasteiger partial charge in [0.2, 0.25) is 5.91 Å². The first-order chi connectivity index (χ1) is 11.3. The summed E-state index contributed by atoms with van der Waals surface area (Å²) >= 11 is 0. The SMILES string of the molecule is O=C(NCc1cccnc1-n1ccnc1)[C@H]1C[C@H]1c1ccco1. The number of aromatic nitrogens is 3. The molecule has 0 radical (unpaired) electrons. The molecule has 2 atom stereocenters. The van der Waals surface area contributed by atoms with Crippen LogP contribution in [0.15, 0.2) is 59.9 Å². The third-order valence-corrected chi connectivity index (χ3v) is 4.11. The summed E-state index contributed by atoms with van der Waals surface area (Å²) in [6.45, 7) is 0.446. The van der Waals surface area contributed by atoms with Crippen molar-refractivity contribution in [3.05, 3.63) is 66.8 Å². The molecular formula is C17H16N4O2. The Morgan fingerprint density at radius 3 is 3.09 bits per heavy atom. The van der Waals surface area contributed by atoms with Gasteiger partial charge >= 0.3 is 0 Å². The van der Waals surface area contributed by atoms with Crippen LogP contribution >= 0.6 is 0 Å². The molecular weight excluding hydrogens is 292 g/mol. The predicted octanol–water partition coefficient (Wildman–Crippen LogP) is 2.28. The van der Waals surface area contributed by atoms with Crippen LogP contribution in [-0.4, -0.2) is 20.4 Å². The standard InChI is InChI=1S/C17H16N4O2/c22-17(14-9-13(14)15-4-2-8-23-15)20-10-12-3-1-5-19-16(12)21-7-6-18-11-21/h1-8,11,13-14H,9-10H2,(H,20,22)/t13-,14+/m1/s1. The monoisotopic (exact) mass is 308 g/mol. The maximum atomic E-state index is 12.3. The molecule has 3 heterocycles. The smallest absolute Gasteiger partial charge is 0.224 e. The molecule has 23 heavy (non-hydrogen) atoms. The molecule has 0 aliphatic heterocycles. The van der Waals surface area contributed by atoms with E-state index in [0.29, 0.717) is 6.54 Å². The van der Waals surface area contributed by atoms with E-state index in [0.717, 1.165) is 23.6 Å². The van der Waals surface area contributed by atoms with Gasteiger partial charge in [-0.1, -0.05) is 6.07 Å². The van der Waals surface area contributed by atoms with Crippen molar-refractivity contribution in [2.45, 2.75) is 18.9 Å². The average molecular weight is 308 g/mol. The predicted molar refractivity (Wildman–Crippen MR) is 82.8 cm³/mol. The van der Waals surface area contributed by atoms with E-state index in [2.05, 4.69) is 15.3 Å². The van der Waals surface area contributed by atoms with Crippen LogP contribution in [0.2, 0.25) is 0 Å². The van der Waals surface area contributed by atoms with E-state index >= 15 is 0 Å².